The van der Waals surface area contributed by atoms with E-state index in [2.05, 4.69) is 19.6 Å². The van der Waals surface area contributed by atoms with Crippen molar-refractivity contribution in [3.8, 4) is 0 Å². The van der Waals surface area contributed by atoms with E-state index >= 15 is 0 Å². The summed E-state index contributed by atoms with van der Waals surface area (Å²) in [4.78, 5) is 6.30. The highest BCUT2D eigenvalue weighted by molar-refractivity contribution is 4.85. The van der Waals surface area contributed by atoms with E-state index in [1.165, 1.54) is 19.2 Å². The monoisotopic (exact) mass is 182 g/mol. The molecule has 0 bridgehead atoms. The second kappa shape index (κ2) is 3.85. The van der Waals surface area contributed by atoms with Crippen LogP contribution in [-0.4, -0.2) is 34.2 Å². The molecule has 0 saturated carbocycles. The molecule has 2 rings (SSSR count). The van der Waals surface area contributed by atoms with Crippen molar-refractivity contribution >= 4 is 0 Å². The third-order valence-electron chi connectivity index (χ3n) is 2.52. The predicted molar refractivity (Wildman–Crippen MR) is 46.8 cm³/mol. The summed E-state index contributed by atoms with van der Waals surface area (Å²) in [6.45, 7) is 2.58. The standard InChI is InChI=1S/C8H14N4O/c9-4-7-2-1-3-12(7)5-8-10-6-13-11-8/h6-7H,1-5,9H2. The van der Waals surface area contributed by atoms with Crippen LogP contribution >= 0.6 is 0 Å². The van der Waals surface area contributed by atoms with Crippen LogP contribution in [-0.2, 0) is 6.54 Å². The number of hydrogen-bond acceptors (Lipinski definition) is 5. The lowest BCUT2D eigenvalue weighted by Crippen LogP contribution is -2.35. The molecular formula is C8H14N4O. The molecule has 2 heterocycles. The van der Waals surface area contributed by atoms with Crippen molar-refractivity contribution in [2.24, 2.45) is 5.73 Å². The van der Waals surface area contributed by atoms with Crippen molar-refractivity contribution in [2.75, 3.05) is 13.1 Å². The van der Waals surface area contributed by atoms with Gasteiger partial charge in [-0.2, -0.15) is 4.98 Å². The van der Waals surface area contributed by atoms with Crippen LogP contribution in [0.25, 0.3) is 0 Å². The van der Waals surface area contributed by atoms with Crippen LogP contribution in [0.15, 0.2) is 10.9 Å². The highest BCUT2D eigenvalue weighted by atomic mass is 16.5. The van der Waals surface area contributed by atoms with E-state index in [9.17, 15) is 0 Å². The maximum Gasteiger partial charge on any atom is 0.213 e. The number of rotatable bonds is 3. The molecule has 1 aliphatic heterocycles. The Morgan fingerprint density at radius 1 is 1.69 bits per heavy atom. The van der Waals surface area contributed by atoms with Gasteiger partial charge in [0.25, 0.3) is 0 Å². The number of aromatic nitrogens is 2. The Hall–Kier alpha value is -0.940. The average Bonchev–Trinajstić information content (AvgIpc) is 2.76. The summed E-state index contributed by atoms with van der Waals surface area (Å²) in [7, 11) is 0. The maximum atomic E-state index is 5.65. The second-order valence-corrected chi connectivity index (χ2v) is 3.35. The minimum absolute atomic E-state index is 0.499. The third-order valence-corrected chi connectivity index (χ3v) is 2.52. The quantitative estimate of drug-likeness (QED) is 0.712. The molecule has 0 spiro atoms. The Morgan fingerprint density at radius 3 is 3.31 bits per heavy atom. The van der Waals surface area contributed by atoms with Gasteiger partial charge in [0, 0.05) is 12.6 Å². The van der Waals surface area contributed by atoms with E-state index in [0.29, 0.717) is 6.04 Å². The van der Waals surface area contributed by atoms with Gasteiger partial charge in [0.05, 0.1) is 6.54 Å². The van der Waals surface area contributed by atoms with Crippen molar-refractivity contribution < 1.29 is 4.52 Å². The Balaban J connectivity index is 1.94. The van der Waals surface area contributed by atoms with Crippen LogP contribution in [0.1, 0.15) is 18.7 Å². The number of hydrogen-bond donors (Lipinski definition) is 1. The minimum Gasteiger partial charge on any atom is -0.343 e. The molecule has 1 unspecified atom stereocenters. The number of likely N-dealkylation sites (tertiary alicyclic amines) is 1. The predicted octanol–water partition coefficient (Wildman–Crippen LogP) is -0.00730. The molecule has 13 heavy (non-hydrogen) atoms. The van der Waals surface area contributed by atoms with Gasteiger partial charge in [-0.3, -0.25) is 4.90 Å². The highest BCUT2D eigenvalue weighted by Crippen LogP contribution is 2.17. The molecule has 2 N–H and O–H groups in total. The highest BCUT2D eigenvalue weighted by Gasteiger charge is 2.23. The van der Waals surface area contributed by atoms with Gasteiger partial charge in [-0.1, -0.05) is 5.16 Å². The zero-order valence-electron chi connectivity index (χ0n) is 7.52. The molecule has 0 amide bonds. The molecule has 0 aromatic carbocycles. The van der Waals surface area contributed by atoms with E-state index in [0.717, 1.165) is 25.5 Å². The molecule has 1 atom stereocenters. The summed E-state index contributed by atoms with van der Waals surface area (Å²) in [6.07, 6.45) is 3.77. The van der Waals surface area contributed by atoms with E-state index in [1.54, 1.807) is 0 Å². The third kappa shape index (κ3) is 1.87. The molecule has 1 fully saturated rings. The maximum absolute atomic E-state index is 5.65. The second-order valence-electron chi connectivity index (χ2n) is 3.35. The largest absolute Gasteiger partial charge is 0.343 e. The van der Waals surface area contributed by atoms with Crippen LogP contribution in [0.3, 0.4) is 0 Å². The lowest BCUT2D eigenvalue weighted by Gasteiger charge is -2.20. The smallest absolute Gasteiger partial charge is 0.213 e. The summed E-state index contributed by atoms with van der Waals surface area (Å²) in [5, 5.41) is 3.78. The zero-order chi connectivity index (χ0) is 9.10. The first-order valence-corrected chi connectivity index (χ1v) is 4.59. The van der Waals surface area contributed by atoms with Crippen LogP contribution in [0.4, 0.5) is 0 Å². The first kappa shape index (κ1) is 8.65. The van der Waals surface area contributed by atoms with Crippen molar-refractivity contribution in [3.05, 3.63) is 12.2 Å². The van der Waals surface area contributed by atoms with E-state index in [-0.39, 0.29) is 0 Å². The zero-order valence-corrected chi connectivity index (χ0v) is 7.52. The molecule has 1 aromatic rings. The van der Waals surface area contributed by atoms with Gasteiger partial charge in [0.15, 0.2) is 5.82 Å². The van der Waals surface area contributed by atoms with Gasteiger partial charge < -0.3 is 10.3 Å². The molecule has 5 nitrogen and oxygen atoms in total. The van der Waals surface area contributed by atoms with E-state index in [4.69, 9.17) is 5.73 Å². The summed E-state index contributed by atoms with van der Waals surface area (Å²) < 4.78 is 4.67. The van der Waals surface area contributed by atoms with E-state index in [1.807, 2.05) is 0 Å². The van der Waals surface area contributed by atoms with Gasteiger partial charge in [-0.05, 0) is 19.4 Å². The normalized spacial score (nSPS) is 23.9. The van der Waals surface area contributed by atoms with Gasteiger partial charge in [-0.25, -0.2) is 0 Å². The molecule has 1 saturated heterocycles. The number of nitrogens with two attached hydrogens (primary N) is 1. The average molecular weight is 182 g/mol. The Kier molecular flexibility index (Phi) is 2.56. The Labute approximate surface area is 76.9 Å². The Bertz CT molecular complexity index is 249. The molecule has 0 radical (unpaired) electrons. The molecule has 5 heteroatoms. The SMILES string of the molecule is NCC1CCCN1Cc1ncon1. The van der Waals surface area contributed by atoms with Crippen molar-refractivity contribution in [3.63, 3.8) is 0 Å². The van der Waals surface area contributed by atoms with Crippen molar-refractivity contribution in [2.45, 2.75) is 25.4 Å². The van der Waals surface area contributed by atoms with Gasteiger partial charge in [0.1, 0.15) is 0 Å². The van der Waals surface area contributed by atoms with Crippen LogP contribution in [0, 0.1) is 0 Å². The summed E-state index contributed by atoms with van der Waals surface area (Å²) in [6, 6.07) is 0.499. The van der Waals surface area contributed by atoms with Crippen molar-refractivity contribution in [1.82, 2.24) is 15.0 Å². The first-order valence-electron chi connectivity index (χ1n) is 4.59. The summed E-state index contributed by atoms with van der Waals surface area (Å²) in [5.41, 5.74) is 5.65. The van der Waals surface area contributed by atoms with E-state index < -0.39 is 0 Å². The van der Waals surface area contributed by atoms with Crippen LogP contribution in [0.5, 0.6) is 0 Å². The van der Waals surface area contributed by atoms with Gasteiger partial charge in [0.2, 0.25) is 6.39 Å². The molecular weight excluding hydrogens is 168 g/mol. The fourth-order valence-electron chi connectivity index (χ4n) is 1.81. The summed E-state index contributed by atoms with van der Waals surface area (Å²) >= 11 is 0. The fourth-order valence-corrected chi connectivity index (χ4v) is 1.81. The lowest BCUT2D eigenvalue weighted by atomic mass is 10.2. The minimum atomic E-state index is 0.499. The van der Waals surface area contributed by atoms with Crippen molar-refractivity contribution in [1.29, 1.82) is 0 Å². The first-order chi connectivity index (χ1) is 6.40. The Morgan fingerprint density at radius 2 is 2.62 bits per heavy atom. The van der Waals surface area contributed by atoms with Gasteiger partial charge >= 0.3 is 0 Å². The molecule has 0 aliphatic carbocycles. The molecule has 72 valence electrons. The number of nitrogens with zero attached hydrogens (tertiary/aromatic N) is 3. The molecule has 1 aromatic heterocycles. The van der Waals surface area contributed by atoms with Gasteiger partial charge in [-0.15, -0.1) is 0 Å². The van der Waals surface area contributed by atoms with Crippen LogP contribution in [0.2, 0.25) is 0 Å². The summed E-state index contributed by atoms with van der Waals surface area (Å²) in [5.74, 6) is 0.750. The fraction of sp³-hybridized carbons (Fsp3) is 0.750. The lowest BCUT2D eigenvalue weighted by molar-refractivity contribution is 0.240. The van der Waals surface area contributed by atoms with Crippen LogP contribution < -0.4 is 5.73 Å². The molecule has 1 aliphatic rings. The topological polar surface area (TPSA) is 68.2 Å².